The van der Waals surface area contributed by atoms with E-state index >= 15 is 0 Å². The van der Waals surface area contributed by atoms with E-state index in [0.29, 0.717) is 11.0 Å². The molecular weight excluding hydrogens is 218 g/mol. The Hall–Kier alpha value is -1.16. The summed E-state index contributed by atoms with van der Waals surface area (Å²) in [6.45, 7) is 8.71. The molecule has 1 unspecified atom stereocenters. The lowest BCUT2D eigenvalue weighted by Gasteiger charge is -2.28. The van der Waals surface area contributed by atoms with Crippen molar-refractivity contribution in [1.29, 1.82) is 0 Å². The van der Waals surface area contributed by atoms with Gasteiger partial charge in [-0.05, 0) is 24.5 Å². The molecular formula is C12H19N3S. The van der Waals surface area contributed by atoms with E-state index in [4.69, 9.17) is 18.0 Å². The molecule has 1 aromatic rings. The summed E-state index contributed by atoms with van der Waals surface area (Å²) in [5.41, 5.74) is 6.50. The predicted molar refractivity (Wildman–Crippen MR) is 72.7 cm³/mol. The van der Waals surface area contributed by atoms with Crippen LogP contribution in [0.2, 0.25) is 0 Å². The van der Waals surface area contributed by atoms with Gasteiger partial charge < -0.3 is 11.1 Å². The zero-order valence-corrected chi connectivity index (χ0v) is 11.1. The van der Waals surface area contributed by atoms with Crippen molar-refractivity contribution in [2.75, 3.05) is 5.32 Å². The van der Waals surface area contributed by atoms with Crippen LogP contribution in [0.5, 0.6) is 0 Å². The van der Waals surface area contributed by atoms with E-state index in [2.05, 4.69) is 38.0 Å². The molecule has 0 saturated carbocycles. The van der Waals surface area contributed by atoms with E-state index in [1.807, 2.05) is 12.1 Å². The van der Waals surface area contributed by atoms with Crippen molar-refractivity contribution in [3.8, 4) is 0 Å². The van der Waals surface area contributed by atoms with Gasteiger partial charge in [-0.15, -0.1) is 0 Å². The summed E-state index contributed by atoms with van der Waals surface area (Å²) in [4.78, 5) is 4.65. The van der Waals surface area contributed by atoms with Crippen molar-refractivity contribution in [3.63, 3.8) is 0 Å². The largest absolute Gasteiger partial charge is 0.389 e. The number of rotatable bonds is 3. The SMILES string of the molecule is CC(Nc1ccc(C(N)=S)cn1)C(C)(C)C. The Morgan fingerprint density at radius 3 is 2.44 bits per heavy atom. The molecule has 0 aliphatic heterocycles. The van der Waals surface area contributed by atoms with Crippen LogP contribution in [0.3, 0.4) is 0 Å². The first-order chi connectivity index (χ1) is 7.30. The lowest BCUT2D eigenvalue weighted by Crippen LogP contribution is -2.31. The average Bonchev–Trinajstić information content (AvgIpc) is 2.17. The second-order valence-electron chi connectivity index (χ2n) is 5.03. The fourth-order valence-electron chi connectivity index (χ4n) is 1.06. The maximum atomic E-state index is 5.51. The molecule has 0 spiro atoms. The van der Waals surface area contributed by atoms with Gasteiger partial charge in [0.2, 0.25) is 0 Å². The summed E-state index contributed by atoms with van der Waals surface area (Å²) in [7, 11) is 0. The lowest BCUT2D eigenvalue weighted by atomic mass is 9.88. The molecule has 0 saturated heterocycles. The van der Waals surface area contributed by atoms with Crippen LogP contribution in [0.15, 0.2) is 18.3 Å². The molecule has 3 nitrogen and oxygen atoms in total. The normalized spacial score (nSPS) is 13.2. The zero-order chi connectivity index (χ0) is 12.3. The number of pyridine rings is 1. The highest BCUT2D eigenvalue weighted by atomic mass is 32.1. The molecule has 3 N–H and O–H groups in total. The third-order valence-corrected chi connectivity index (χ3v) is 2.95. The zero-order valence-electron chi connectivity index (χ0n) is 10.2. The highest BCUT2D eigenvalue weighted by molar-refractivity contribution is 7.80. The molecule has 0 fully saturated rings. The van der Waals surface area contributed by atoms with Crippen LogP contribution in [-0.4, -0.2) is 16.0 Å². The van der Waals surface area contributed by atoms with Gasteiger partial charge in [-0.2, -0.15) is 0 Å². The third-order valence-electron chi connectivity index (χ3n) is 2.71. The molecule has 0 bridgehead atoms. The minimum absolute atomic E-state index is 0.198. The smallest absolute Gasteiger partial charge is 0.126 e. The van der Waals surface area contributed by atoms with Gasteiger partial charge >= 0.3 is 0 Å². The summed E-state index contributed by atoms with van der Waals surface area (Å²) < 4.78 is 0. The van der Waals surface area contributed by atoms with Crippen LogP contribution in [0.1, 0.15) is 33.3 Å². The molecule has 16 heavy (non-hydrogen) atoms. The quantitative estimate of drug-likeness (QED) is 0.793. The van der Waals surface area contributed by atoms with Gasteiger partial charge in [0.1, 0.15) is 10.8 Å². The monoisotopic (exact) mass is 237 g/mol. The van der Waals surface area contributed by atoms with Crippen LogP contribution in [0.4, 0.5) is 5.82 Å². The minimum Gasteiger partial charge on any atom is -0.389 e. The summed E-state index contributed by atoms with van der Waals surface area (Å²) in [6, 6.07) is 4.12. The molecule has 88 valence electrons. The van der Waals surface area contributed by atoms with Crippen LogP contribution in [-0.2, 0) is 0 Å². The molecule has 0 aliphatic rings. The molecule has 1 heterocycles. The predicted octanol–water partition coefficient (Wildman–Crippen LogP) is 2.56. The average molecular weight is 237 g/mol. The van der Waals surface area contributed by atoms with Gasteiger partial charge in [0.05, 0.1) is 0 Å². The van der Waals surface area contributed by atoms with Gasteiger partial charge in [0.25, 0.3) is 0 Å². The fraction of sp³-hybridized carbons (Fsp3) is 0.500. The van der Waals surface area contributed by atoms with Crippen molar-refractivity contribution >= 4 is 23.0 Å². The topological polar surface area (TPSA) is 50.9 Å². The second-order valence-corrected chi connectivity index (χ2v) is 5.47. The highest BCUT2D eigenvalue weighted by Crippen LogP contribution is 2.21. The first-order valence-corrected chi connectivity index (χ1v) is 5.74. The van der Waals surface area contributed by atoms with E-state index < -0.39 is 0 Å². The first kappa shape index (κ1) is 12.9. The van der Waals surface area contributed by atoms with Gasteiger partial charge in [0, 0.05) is 17.8 Å². The summed E-state index contributed by atoms with van der Waals surface area (Å²) in [5, 5.41) is 3.35. The fourth-order valence-corrected chi connectivity index (χ4v) is 1.18. The number of hydrogen-bond acceptors (Lipinski definition) is 3. The van der Waals surface area contributed by atoms with Gasteiger partial charge in [0.15, 0.2) is 0 Å². The number of hydrogen-bond donors (Lipinski definition) is 2. The van der Waals surface area contributed by atoms with Crippen molar-refractivity contribution in [2.45, 2.75) is 33.7 Å². The Bertz CT molecular complexity index is 365. The molecule has 0 amide bonds. The van der Waals surface area contributed by atoms with Crippen LogP contribution in [0.25, 0.3) is 0 Å². The van der Waals surface area contributed by atoms with E-state index in [1.54, 1.807) is 6.20 Å². The molecule has 0 aromatic carbocycles. The van der Waals surface area contributed by atoms with Crippen LogP contribution < -0.4 is 11.1 Å². The third kappa shape index (κ3) is 3.45. The second kappa shape index (κ2) is 4.78. The Morgan fingerprint density at radius 1 is 1.44 bits per heavy atom. The molecule has 1 aromatic heterocycles. The number of anilines is 1. The molecule has 0 radical (unpaired) electrons. The van der Waals surface area contributed by atoms with Crippen molar-refractivity contribution in [2.24, 2.45) is 11.1 Å². The van der Waals surface area contributed by atoms with Crippen molar-refractivity contribution < 1.29 is 0 Å². The lowest BCUT2D eigenvalue weighted by molar-refractivity contribution is 0.359. The summed E-state index contributed by atoms with van der Waals surface area (Å²) >= 11 is 4.87. The Morgan fingerprint density at radius 2 is 2.06 bits per heavy atom. The van der Waals surface area contributed by atoms with E-state index in [1.165, 1.54) is 0 Å². The van der Waals surface area contributed by atoms with Crippen molar-refractivity contribution in [3.05, 3.63) is 23.9 Å². The van der Waals surface area contributed by atoms with Gasteiger partial charge in [-0.25, -0.2) is 4.98 Å². The Labute approximate surface area is 102 Å². The van der Waals surface area contributed by atoms with E-state index in [0.717, 1.165) is 11.4 Å². The number of nitrogens with two attached hydrogens (primary N) is 1. The van der Waals surface area contributed by atoms with Gasteiger partial charge in [-0.3, -0.25) is 0 Å². The number of thiocarbonyl (C=S) groups is 1. The maximum absolute atomic E-state index is 5.51. The van der Waals surface area contributed by atoms with E-state index in [9.17, 15) is 0 Å². The molecule has 1 rings (SSSR count). The molecule has 1 atom stereocenters. The van der Waals surface area contributed by atoms with Crippen molar-refractivity contribution in [1.82, 2.24) is 4.98 Å². The first-order valence-electron chi connectivity index (χ1n) is 5.33. The minimum atomic E-state index is 0.198. The summed E-state index contributed by atoms with van der Waals surface area (Å²) in [6.07, 6.45) is 1.69. The standard InChI is InChI=1S/C12H19N3S/c1-8(12(2,3)4)15-10-6-5-9(7-14-10)11(13)16/h5-8H,1-4H3,(H2,13,16)(H,14,15). The Balaban J connectivity index is 2.73. The number of aromatic nitrogens is 1. The Kier molecular flexibility index (Phi) is 3.86. The summed E-state index contributed by atoms with van der Waals surface area (Å²) in [5.74, 6) is 0.849. The number of nitrogens with one attached hydrogen (secondary N) is 1. The highest BCUT2D eigenvalue weighted by Gasteiger charge is 2.19. The molecule has 0 aliphatic carbocycles. The molecule has 4 heteroatoms. The maximum Gasteiger partial charge on any atom is 0.126 e. The van der Waals surface area contributed by atoms with Gasteiger partial charge in [-0.1, -0.05) is 33.0 Å². The number of nitrogens with zero attached hydrogens (tertiary/aromatic N) is 1. The van der Waals surface area contributed by atoms with E-state index in [-0.39, 0.29) is 5.41 Å². The van der Waals surface area contributed by atoms with Crippen LogP contribution >= 0.6 is 12.2 Å². The van der Waals surface area contributed by atoms with Crippen LogP contribution in [0, 0.1) is 5.41 Å².